The molecule has 1 aromatic heterocycles. The van der Waals surface area contributed by atoms with Crippen molar-refractivity contribution >= 4 is 5.91 Å². The highest BCUT2D eigenvalue weighted by atomic mass is 16.5. The Morgan fingerprint density at radius 2 is 2.00 bits per heavy atom. The minimum absolute atomic E-state index is 0.145. The summed E-state index contributed by atoms with van der Waals surface area (Å²) in [6.07, 6.45) is 2.78. The third-order valence-electron chi connectivity index (χ3n) is 3.21. The first kappa shape index (κ1) is 15.5. The molecule has 0 aliphatic carbocycles. The lowest BCUT2D eigenvalue weighted by molar-refractivity contribution is -0.127. The maximum atomic E-state index is 12.1. The highest BCUT2D eigenvalue weighted by molar-refractivity contribution is 5.81. The van der Waals surface area contributed by atoms with Gasteiger partial charge in [0.25, 0.3) is 5.91 Å². The topological polar surface area (TPSA) is 75.0 Å². The molecule has 0 spiro atoms. The standard InChI is InChI=1S/C17H17N3O2/c1-12(15-4-3-9-19-11-15)20-17(21)13(2)22-16-7-5-14(10-18)6-8-16/h3-9,11-13H,1-2H3,(H,20,21). The van der Waals surface area contributed by atoms with Crippen LogP contribution in [0.3, 0.4) is 0 Å². The number of pyridine rings is 1. The van der Waals surface area contributed by atoms with Crippen LogP contribution in [0.2, 0.25) is 0 Å². The Hall–Kier alpha value is -2.87. The molecule has 2 atom stereocenters. The Morgan fingerprint density at radius 3 is 2.59 bits per heavy atom. The molecule has 2 rings (SSSR count). The van der Waals surface area contributed by atoms with Crippen LogP contribution in [0.1, 0.15) is 31.0 Å². The summed E-state index contributed by atoms with van der Waals surface area (Å²) in [4.78, 5) is 16.2. The van der Waals surface area contributed by atoms with E-state index in [9.17, 15) is 4.79 Å². The quantitative estimate of drug-likeness (QED) is 0.920. The second-order valence-corrected chi connectivity index (χ2v) is 4.91. The van der Waals surface area contributed by atoms with Gasteiger partial charge in [-0.2, -0.15) is 5.26 Å². The molecule has 1 amide bonds. The average Bonchev–Trinajstić information content (AvgIpc) is 2.56. The van der Waals surface area contributed by atoms with Gasteiger partial charge in [0.1, 0.15) is 5.75 Å². The van der Waals surface area contributed by atoms with Gasteiger partial charge in [0.05, 0.1) is 17.7 Å². The van der Waals surface area contributed by atoms with Crippen molar-refractivity contribution in [3.05, 3.63) is 59.9 Å². The number of carbonyl (C=O) groups is 1. The molecule has 0 aliphatic heterocycles. The van der Waals surface area contributed by atoms with Crippen LogP contribution < -0.4 is 10.1 Å². The zero-order valence-corrected chi connectivity index (χ0v) is 12.5. The van der Waals surface area contributed by atoms with Crippen LogP contribution in [-0.2, 0) is 4.79 Å². The zero-order valence-electron chi connectivity index (χ0n) is 12.5. The zero-order chi connectivity index (χ0) is 15.9. The highest BCUT2D eigenvalue weighted by Gasteiger charge is 2.17. The highest BCUT2D eigenvalue weighted by Crippen LogP contribution is 2.15. The summed E-state index contributed by atoms with van der Waals surface area (Å²) in [5, 5.41) is 11.6. The van der Waals surface area contributed by atoms with E-state index in [1.807, 2.05) is 25.1 Å². The number of hydrogen-bond donors (Lipinski definition) is 1. The summed E-state index contributed by atoms with van der Waals surface area (Å²) in [7, 11) is 0. The number of rotatable bonds is 5. The number of hydrogen-bond acceptors (Lipinski definition) is 4. The molecule has 0 aliphatic rings. The van der Waals surface area contributed by atoms with Gasteiger partial charge in [-0.05, 0) is 49.7 Å². The molecule has 1 N–H and O–H groups in total. The first-order chi connectivity index (χ1) is 10.6. The number of nitriles is 1. The molecule has 0 saturated carbocycles. The van der Waals surface area contributed by atoms with Crippen molar-refractivity contribution in [2.45, 2.75) is 26.0 Å². The lowest BCUT2D eigenvalue weighted by atomic mass is 10.1. The van der Waals surface area contributed by atoms with Crippen LogP contribution in [0.5, 0.6) is 5.75 Å². The monoisotopic (exact) mass is 295 g/mol. The lowest BCUT2D eigenvalue weighted by Crippen LogP contribution is -2.37. The van der Waals surface area contributed by atoms with E-state index in [1.165, 1.54) is 0 Å². The Labute approximate surface area is 129 Å². The summed E-state index contributed by atoms with van der Waals surface area (Å²) in [6.45, 7) is 3.58. The summed E-state index contributed by atoms with van der Waals surface area (Å²) >= 11 is 0. The Kier molecular flexibility index (Phi) is 5.10. The first-order valence-corrected chi connectivity index (χ1v) is 6.97. The number of ether oxygens (including phenoxy) is 1. The largest absolute Gasteiger partial charge is 0.481 e. The fourth-order valence-corrected chi connectivity index (χ4v) is 1.91. The van der Waals surface area contributed by atoms with E-state index in [2.05, 4.69) is 10.3 Å². The molecule has 0 saturated heterocycles. The average molecular weight is 295 g/mol. The van der Waals surface area contributed by atoms with Gasteiger partial charge in [0.15, 0.2) is 6.10 Å². The van der Waals surface area contributed by atoms with Crippen molar-refractivity contribution in [1.29, 1.82) is 5.26 Å². The molecule has 5 heteroatoms. The number of nitrogens with zero attached hydrogens (tertiary/aromatic N) is 2. The molecule has 22 heavy (non-hydrogen) atoms. The van der Waals surface area contributed by atoms with E-state index in [0.29, 0.717) is 11.3 Å². The van der Waals surface area contributed by atoms with Gasteiger partial charge >= 0.3 is 0 Å². The van der Waals surface area contributed by atoms with Crippen molar-refractivity contribution in [1.82, 2.24) is 10.3 Å². The van der Waals surface area contributed by atoms with Crippen molar-refractivity contribution in [3.8, 4) is 11.8 Å². The van der Waals surface area contributed by atoms with Gasteiger partial charge < -0.3 is 10.1 Å². The van der Waals surface area contributed by atoms with Crippen molar-refractivity contribution in [3.63, 3.8) is 0 Å². The molecule has 0 radical (unpaired) electrons. The lowest BCUT2D eigenvalue weighted by Gasteiger charge is -2.18. The molecule has 2 aromatic rings. The molecule has 0 fully saturated rings. The number of aromatic nitrogens is 1. The third-order valence-corrected chi connectivity index (χ3v) is 3.21. The van der Waals surface area contributed by atoms with E-state index in [1.54, 1.807) is 43.6 Å². The van der Waals surface area contributed by atoms with E-state index in [-0.39, 0.29) is 11.9 Å². The van der Waals surface area contributed by atoms with E-state index < -0.39 is 6.10 Å². The Balaban J connectivity index is 1.93. The minimum atomic E-state index is -0.632. The number of nitrogens with one attached hydrogen (secondary N) is 1. The van der Waals surface area contributed by atoms with Crippen molar-refractivity contribution in [2.75, 3.05) is 0 Å². The van der Waals surface area contributed by atoms with Gasteiger partial charge in [-0.25, -0.2) is 0 Å². The van der Waals surface area contributed by atoms with Crippen LogP contribution >= 0.6 is 0 Å². The molecular formula is C17H17N3O2. The summed E-state index contributed by atoms with van der Waals surface area (Å²) in [5.74, 6) is 0.344. The molecule has 1 heterocycles. The van der Waals surface area contributed by atoms with Crippen LogP contribution in [0, 0.1) is 11.3 Å². The van der Waals surface area contributed by atoms with E-state index in [4.69, 9.17) is 10.00 Å². The molecular weight excluding hydrogens is 278 g/mol. The summed E-state index contributed by atoms with van der Waals surface area (Å²) in [6, 6.07) is 12.3. The molecule has 1 aromatic carbocycles. The normalized spacial score (nSPS) is 12.8. The minimum Gasteiger partial charge on any atom is -0.481 e. The van der Waals surface area contributed by atoms with E-state index >= 15 is 0 Å². The molecule has 2 unspecified atom stereocenters. The fraction of sp³-hybridized carbons (Fsp3) is 0.235. The number of carbonyl (C=O) groups excluding carboxylic acids is 1. The second kappa shape index (κ2) is 7.23. The second-order valence-electron chi connectivity index (χ2n) is 4.91. The molecule has 0 bridgehead atoms. The van der Waals surface area contributed by atoms with Gasteiger partial charge in [-0.3, -0.25) is 9.78 Å². The molecule has 112 valence electrons. The Bertz CT molecular complexity index is 663. The fourth-order valence-electron chi connectivity index (χ4n) is 1.91. The maximum Gasteiger partial charge on any atom is 0.261 e. The van der Waals surface area contributed by atoms with Gasteiger partial charge in [0.2, 0.25) is 0 Å². The predicted molar refractivity (Wildman–Crippen MR) is 82.0 cm³/mol. The number of benzene rings is 1. The van der Waals surface area contributed by atoms with Crippen molar-refractivity contribution < 1.29 is 9.53 Å². The maximum absolute atomic E-state index is 12.1. The van der Waals surface area contributed by atoms with Crippen LogP contribution in [0.4, 0.5) is 0 Å². The van der Waals surface area contributed by atoms with Crippen LogP contribution in [0.15, 0.2) is 48.8 Å². The molecule has 5 nitrogen and oxygen atoms in total. The van der Waals surface area contributed by atoms with Crippen molar-refractivity contribution in [2.24, 2.45) is 0 Å². The van der Waals surface area contributed by atoms with Gasteiger partial charge in [-0.15, -0.1) is 0 Å². The predicted octanol–water partition coefficient (Wildman–Crippen LogP) is 2.60. The van der Waals surface area contributed by atoms with Crippen LogP contribution in [0.25, 0.3) is 0 Å². The Morgan fingerprint density at radius 1 is 1.27 bits per heavy atom. The summed E-state index contributed by atoms with van der Waals surface area (Å²) in [5.41, 5.74) is 1.48. The SMILES string of the molecule is CC(Oc1ccc(C#N)cc1)C(=O)NC(C)c1cccnc1. The number of amides is 1. The van der Waals surface area contributed by atoms with Gasteiger partial charge in [0, 0.05) is 12.4 Å². The van der Waals surface area contributed by atoms with Crippen LogP contribution in [-0.4, -0.2) is 17.0 Å². The van der Waals surface area contributed by atoms with E-state index in [0.717, 1.165) is 5.56 Å². The third kappa shape index (κ3) is 4.06. The smallest absolute Gasteiger partial charge is 0.261 e. The summed E-state index contributed by atoms with van der Waals surface area (Å²) < 4.78 is 5.58. The first-order valence-electron chi connectivity index (χ1n) is 6.97. The van der Waals surface area contributed by atoms with Gasteiger partial charge in [-0.1, -0.05) is 6.07 Å².